The average molecular weight is 347 g/mol. The van der Waals surface area contributed by atoms with Gasteiger partial charge in [-0.15, -0.1) is 10.2 Å². The largest absolute Gasteiger partial charge is 0.283 e. The van der Waals surface area contributed by atoms with E-state index in [1.807, 2.05) is 84.3 Å². The second-order valence-electron chi connectivity index (χ2n) is 5.76. The van der Waals surface area contributed by atoms with Crippen molar-refractivity contribution in [3.8, 4) is 11.3 Å². The third-order valence-corrected chi connectivity index (χ3v) is 4.17. The first-order valence-electron chi connectivity index (χ1n) is 7.92. The van der Waals surface area contributed by atoms with Crippen LogP contribution in [0, 0.1) is 6.92 Å². The number of fused-ring (bicyclic) bond motifs is 1. The van der Waals surface area contributed by atoms with Gasteiger partial charge in [0.2, 0.25) is 0 Å². The van der Waals surface area contributed by atoms with Crippen LogP contribution in [0.2, 0.25) is 5.02 Å². The molecule has 0 bridgehead atoms. The molecule has 0 fully saturated rings. The molecule has 2 aromatic heterocycles. The van der Waals surface area contributed by atoms with E-state index < -0.39 is 0 Å². The molecule has 0 aliphatic heterocycles. The highest BCUT2D eigenvalue weighted by molar-refractivity contribution is 6.30. The molecule has 0 aliphatic carbocycles. The highest BCUT2D eigenvalue weighted by Gasteiger charge is 2.13. The average Bonchev–Trinajstić information content (AvgIpc) is 3.00. The number of azo groups is 1. The van der Waals surface area contributed by atoms with Gasteiger partial charge in [0, 0.05) is 16.8 Å². The minimum absolute atomic E-state index is 0.690. The van der Waals surface area contributed by atoms with E-state index in [1.165, 1.54) is 5.56 Å². The Morgan fingerprint density at radius 2 is 1.64 bits per heavy atom. The van der Waals surface area contributed by atoms with Gasteiger partial charge in [-0.25, -0.2) is 4.98 Å². The van der Waals surface area contributed by atoms with Gasteiger partial charge in [0.05, 0.1) is 5.69 Å². The maximum Gasteiger partial charge on any atom is 0.187 e. The van der Waals surface area contributed by atoms with Crippen molar-refractivity contribution in [1.82, 2.24) is 9.38 Å². The minimum atomic E-state index is 0.690. The smallest absolute Gasteiger partial charge is 0.187 e. The first-order chi connectivity index (χ1) is 12.2. The summed E-state index contributed by atoms with van der Waals surface area (Å²) in [5.74, 6) is 0.693. The Labute approximate surface area is 150 Å². The third-order valence-electron chi connectivity index (χ3n) is 3.92. The summed E-state index contributed by atoms with van der Waals surface area (Å²) < 4.78 is 1.93. The van der Waals surface area contributed by atoms with Crippen LogP contribution in [0.3, 0.4) is 0 Å². The number of hydrogen-bond acceptors (Lipinski definition) is 3. The molecule has 0 atom stereocenters. The van der Waals surface area contributed by atoms with Crippen LogP contribution in [-0.2, 0) is 0 Å². The molecule has 4 nitrogen and oxygen atoms in total. The lowest BCUT2D eigenvalue weighted by Gasteiger charge is -2.00. The summed E-state index contributed by atoms with van der Waals surface area (Å²) in [7, 11) is 0. The fourth-order valence-electron chi connectivity index (χ4n) is 2.60. The number of imidazole rings is 1. The van der Waals surface area contributed by atoms with Crippen molar-refractivity contribution in [2.75, 3.05) is 0 Å². The van der Waals surface area contributed by atoms with Crippen molar-refractivity contribution in [1.29, 1.82) is 0 Å². The molecule has 0 N–H and O–H groups in total. The second-order valence-corrected chi connectivity index (χ2v) is 6.19. The van der Waals surface area contributed by atoms with Crippen LogP contribution in [0.4, 0.5) is 11.5 Å². The van der Waals surface area contributed by atoms with Crippen molar-refractivity contribution in [3.63, 3.8) is 0 Å². The van der Waals surface area contributed by atoms with Crippen LogP contribution in [0.15, 0.2) is 83.2 Å². The van der Waals surface area contributed by atoms with E-state index in [0.29, 0.717) is 10.8 Å². The standard InChI is InChI=1S/C20H15ClN4/c1-14-5-11-17(12-6-14)23-24-20-19(15-7-9-16(21)10-8-15)22-18-4-2-3-13-25(18)20/h2-13H,1H3. The SMILES string of the molecule is Cc1ccc(N=Nc2c(-c3ccc(Cl)cc3)nc3ccccn23)cc1. The predicted octanol–water partition coefficient (Wildman–Crippen LogP) is 6.38. The number of benzene rings is 2. The van der Waals surface area contributed by atoms with Crippen LogP contribution < -0.4 is 0 Å². The summed E-state index contributed by atoms with van der Waals surface area (Å²) in [6, 6.07) is 21.4. The Bertz CT molecular complexity index is 1050. The van der Waals surface area contributed by atoms with Crippen LogP contribution in [0.25, 0.3) is 16.9 Å². The number of aryl methyl sites for hydroxylation is 1. The number of aromatic nitrogens is 2. The van der Waals surface area contributed by atoms with Gasteiger partial charge >= 0.3 is 0 Å². The zero-order valence-corrected chi connectivity index (χ0v) is 14.4. The molecule has 122 valence electrons. The molecule has 0 amide bonds. The topological polar surface area (TPSA) is 42.0 Å². The van der Waals surface area contributed by atoms with Crippen molar-refractivity contribution in [2.24, 2.45) is 10.2 Å². The number of halogens is 1. The molecule has 5 heteroatoms. The lowest BCUT2D eigenvalue weighted by Crippen LogP contribution is -1.81. The second kappa shape index (κ2) is 6.49. The number of rotatable bonds is 3. The fourth-order valence-corrected chi connectivity index (χ4v) is 2.72. The summed E-state index contributed by atoms with van der Waals surface area (Å²) in [6.07, 6.45) is 1.94. The molecule has 2 aromatic carbocycles. The van der Waals surface area contributed by atoms with Crippen LogP contribution >= 0.6 is 11.6 Å². The molecule has 2 heterocycles. The maximum absolute atomic E-state index is 6.00. The molecule has 0 saturated heterocycles. The summed E-state index contributed by atoms with van der Waals surface area (Å²) in [6.45, 7) is 2.05. The molecule has 4 aromatic rings. The van der Waals surface area contributed by atoms with E-state index in [0.717, 1.165) is 22.6 Å². The van der Waals surface area contributed by atoms with E-state index in [9.17, 15) is 0 Å². The van der Waals surface area contributed by atoms with Crippen LogP contribution in [0.5, 0.6) is 0 Å². The van der Waals surface area contributed by atoms with Crippen molar-refractivity contribution in [3.05, 3.63) is 83.5 Å². The number of pyridine rings is 1. The Morgan fingerprint density at radius 3 is 2.40 bits per heavy atom. The van der Waals surface area contributed by atoms with Crippen LogP contribution in [0.1, 0.15) is 5.56 Å². The minimum Gasteiger partial charge on any atom is -0.283 e. The van der Waals surface area contributed by atoms with E-state index >= 15 is 0 Å². The summed E-state index contributed by atoms with van der Waals surface area (Å²) >= 11 is 6.00. The van der Waals surface area contributed by atoms with Gasteiger partial charge in [-0.3, -0.25) is 4.40 Å². The first-order valence-corrected chi connectivity index (χ1v) is 8.30. The lowest BCUT2D eigenvalue weighted by atomic mass is 10.1. The first kappa shape index (κ1) is 15.5. The summed E-state index contributed by atoms with van der Waals surface area (Å²) in [5, 5.41) is 9.56. The normalized spacial score (nSPS) is 11.4. The molecule has 0 spiro atoms. The predicted molar refractivity (Wildman–Crippen MR) is 101 cm³/mol. The van der Waals surface area contributed by atoms with Gasteiger partial charge in [-0.05, 0) is 43.3 Å². The summed E-state index contributed by atoms with van der Waals surface area (Å²) in [4.78, 5) is 4.71. The van der Waals surface area contributed by atoms with E-state index in [4.69, 9.17) is 16.6 Å². The zero-order valence-electron chi connectivity index (χ0n) is 13.6. The fraction of sp³-hybridized carbons (Fsp3) is 0.0500. The molecule has 0 aliphatic rings. The van der Waals surface area contributed by atoms with Crippen molar-refractivity contribution in [2.45, 2.75) is 6.92 Å². The molecule has 0 saturated carbocycles. The van der Waals surface area contributed by atoms with Gasteiger partial charge in [0.1, 0.15) is 11.3 Å². The van der Waals surface area contributed by atoms with Gasteiger partial charge < -0.3 is 0 Å². The molecule has 4 rings (SSSR count). The monoisotopic (exact) mass is 346 g/mol. The van der Waals surface area contributed by atoms with Gasteiger partial charge in [0.15, 0.2) is 5.82 Å². The lowest BCUT2D eigenvalue weighted by molar-refractivity contribution is 1.10. The van der Waals surface area contributed by atoms with E-state index in [2.05, 4.69) is 10.2 Å². The molecule has 25 heavy (non-hydrogen) atoms. The quantitative estimate of drug-likeness (QED) is 0.397. The molecule has 0 radical (unpaired) electrons. The Hall–Kier alpha value is -2.98. The van der Waals surface area contributed by atoms with Gasteiger partial charge in [-0.1, -0.05) is 47.5 Å². The van der Waals surface area contributed by atoms with Gasteiger partial charge in [0.25, 0.3) is 0 Å². The zero-order chi connectivity index (χ0) is 17.2. The Morgan fingerprint density at radius 1 is 0.880 bits per heavy atom. The van der Waals surface area contributed by atoms with Crippen LogP contribution in [-0.4, -0.2) is 9.38 Å². The molecular weight excluding hydrogens is 332 g/mol. The summed E-state index contributed by atoms with van der Waals surface area (Å²) in [5.41, 5.74) is 4.55. The van der Waals surface area contributed by atoms with Gasteiger partial charge in [-0.2, -0.15) is 0 Å². The molecular formula is C20H15ClN4. The number of hydrogen-bond donors (Lipinski definition) is 0. The Balaban J connectivity index is 1.84. The number of nitrogens with zero attached hydrogens (tertiary/aromatic N) is 4. The Kier molecular flexibility index (Phi) is 4.04. The van der Waals surface area contributed by atoms with E-state index in [1.54, 1.807) is 0 Å². The molecule has 0 unspecified atom stereocenters. The highest BCUT2D eigenvalue weighted by atomic mass is 35.5. The third kappa shape index (κ3) is 3.16. The maximum atomic E-state index is 6.00. The highest BCUT2D eigenvalue weighted by Crippen LogP contribution is 2.32. The van der Waals surface area contributed by atoms with Crippen molar-refractivity contribution >= 4 is 28.8 Å². The van der Waals surface area contributed by atoms with E-state index in [-0.39, 0.29) is 0 Å². The van der Waals surface area contributed by atoms with Crippen molar-refractivity contribution < 1.29 is 0 Å².